The van der Waals surface area contributed by atoms with Crippen LogP contribution in [-0.2, 0) is 4.79 Å². The molecule has 1 aliphatic carbocycles. The zero-order chi connectivity index (χ0) is 11.3. The Labute approximate surface area is 92.6 Å². The summed E-state index contributed by atoms with van der Waals surface area (Å²) in [5.74, 6) is 1.12. The largest absolute Gasteiger partial charge is 0.298 e. The summed E-state index contributed by atoms with van der Waals surface area (Å²) in [6, 6.07) is 0. The molecule has 0 N–H and O–H groups in total. The number of carbonyl (C=O) groups is 1. The molecule has 0 aromatic rings. The molecule has 0 saturated heterocycles. The van der Waals surface area contributed by atoms with Crippen molar-refractivity contribution in [3.63, 3.8) is 0 Å². The summed E-state index contributed by atoms with van der Waals surface area (Å²) in [6.45, 7) is 6.32. The fraction of sp³-hybridized carbons (Fsp3) is 0.500. The quantitative estimate of drug-likeness (QED) is 0.504. The van der Waals surface area contributed by atoms with E-state index >= 15 is 0 Å². The van der Waals surface area contributed by atoms with Crippen LogP contribution >= 0.6 is 0 Å². The number of allylic oxidation sites excluding steroid dienone is 6. The van der Waals surface area contributed by atoms with E-state index in [1.54, 1.807) is 0 Å². The Morgan fingerprint density at radius 2 is 2.33 bits per heavy atom. The molecular weight excluding hydrogens is 184 g/mol. The average Bonchev–Trinajstić information content (AvgIpc) is 2.20. The van der Waals surface area contributed by atoms with E-state index in [1.165, 1.54) is 5.57 Å². The maximum atomic E-state index is 10.5. The molecule has 82 valence electrons. The van der Waals surface area contributed by atoms with Crippen molar-refractivity contribution in [1.82, 2.24) is 0 Å². The zero-order valence-electron chi connectivity index (χ0n) is 9.86. The number of carbonyl (C=O) groups excluding carboxylic acids is 1. The van der Waals surface area contributed by atoms with Crippen LogP contribution in [0.2, 0.25) is 0 Å². The topological polar surface area (TPSA) is 17.1 Å². The van der Waals surface area contributed by atoms with Crippen molar-refractivity contribution in [2.75, 3.05) is 0 Å². The van der Waals surface area contributed by atoms with E-state index in [1.807, 2.05) is 13.0 Å². The normalized spacial score (nSPS) is 21.7. The molecule has 1 atom stereocenters. The van der Waals surface area contributed by atoms with Gasteiger partial charge in [-0.15, -0.1) is 0 Å². The van der Waals surface area contributed by atoms with E-state index < -0.39 is 0 Å². The summed E-state index contributed by atoms with van der Waals surface area (Å²) >= 11 is 0. The lowest BCUT2D eigenvalue weighted by molar-refractivity contribution is -0.104. The number of hydrogen-bond donors (Lipinski definition) is 0. The lowest BCUT2D eigenvalue weighted by atomic mass is 9.91. The summed E-state index contributed by atoms with van der Waals surface area (Å²) in [5, 5.41) is 0. The predicted octanol–water partition coefficient (Wildman–Crippen LogP) is 3.68. The van der Waals surface area contributed by atoms with Crippen LogP contribution in [0.5, 0.6) is 0 Å². The maximum Gasteiger partial charge on any atom is 0.145 e. The van der Waals surface area contributed by atoms with Crippen LogP contribution in [-0.4, -0.2) is 6.29 Å². The van der Waals surface area contributed by atoms with Gasteiger partial charge in [0, 0.05) is 0 Å². The molecule has 1 rings (SSSR count). The maximum absolute atomic E-state index is 10.5. The Morgan fingerprint density at radius 1 is 1.60 bits per heavy atom. The van der Waals surface area contributed by atoms with E-state index in [0.717, 1.165) is 24.7 Å². The molecule has 0 amide bonds. The van der Waals surface area contributed by atoms with Gasteiger partial charge in [-0.25, -0.2) is 0 Å². The summed E-state index contributed by atoms with van der Waals surface area (Å²) in [5.41, 5.74) is 2.25. The van der Waals surface area contributed by atoms with Gasteiger partial charge in [-0.3, -0.25) is 4.79 Å². The molecular formula is C14H20O. The Kier molecular flexibility index (Phi) is 4.54. The van der Waals surface area contributed by atoms with E-state index in [9.17, 15) is 4.79 Å². The zero-order valence-corrected chi connectivity index (χ0v) is 9.86. The van der Waals surface area contributed by atoms with Gasteiger partial charge in [0.25, 0.3) is 0 Å². The predicted molar refractivity (Wildman–Crippen MR) is 64.6 cm³/mol. The summed E-state index contributed by atoms with van der Waals surface area (Å²) in [6.07, 6.45) is 11.8. The van der Waals surface area contributed by atoms with Crippen molar-refractivity contribution in [2.24, 2.45) is 11.8 Å². The molecule has 0 heterocycles. The van der Waals surface area contributed by atoms with Gasteiger partial charge in [0.2, 0.25) is 0 Å². The Balaban J connectivity index is 2.52. The van der Waals surface area contributed by atoms with Crippen LogP contribution < -0.4 is 0 Å². The highest BCUT2D eigenvalue weighted by molar-refractivity contribution is 5.72. The Hall–Kier alpha value is -1.11. The second kappa shape index (κ2) is 5.69. The third-order valence-electron chi connectivity index (χ3n) is 2.52. The average molecular weight is 204 g/mol. The van der Waals surface area contributed by atoms with Crippen molar-refractivity contribution in [2.45, 2.75) is 33.6 Å². The SMILES string of the molecule is C/C(C=O)=C/C1C=CC(CC(C)C)=CC1. The van der Waals surface area contributed by atoms with Gasteiger partial charge in [-0.1, -0.05) is 43.7 Å². The number of rotatable bonds is 4. The lowest BCUT2D eigenvalue weighted by Crippen LogP contribution is -1.99. The molecule has 1 heteroatoms. The molecule has 0 aliphatic heterocycles. The molecule has 0 aromatic carbocycles. The van der Waals surface area contributed by atoms with Gasteiger partial charge in [0.1, 0.15) is 6.29 Å². The summed E-state index contributed by atoms with van der Waals surface area (Å²) < 4.78 is 0. The summed E-state index contributed by atoms with van der Waals surface area (Å²) in [4.78, 5) is 10.5. The van der Waals surface area contributed by atoms with Gasteiger partial charge in [-0.05, 0) is 37.2 Å². The molecule has 15 heavy (non-hydrogen) atoms. The van der Waals surface area contributed by atoms with E-state index in [2.05, 4.69) is 32.1 Å². The fourth-order valence-corrected chi connectivity index (χ4v) is 1.80. The van der Waals surface area contributed by atoms with Crippen LogP contribution in [0, 0.1) is 11.8 Å². The van der Waals surface area contributed by atoms with Crippen LogP contribution in [0.25, 0.3) is 0 Å². The van der Waals surface area contributed by atoms with E-state index in [-0.39, 0.29) is 0 Å². The third-order valence-corrected chi connectivity index (χ3v) is 2.52. The van der Waals surface area contributed by atoms with Crippen molar-refractivity contribution in [1.29, 1.82) is 0 Å². The van der Waals surface area contributed by atoms with Gasteiger partial charge >= 0.3 is 0 Å². The molecule has 0 aromatic heterocycles. The van der Waals surface area contributed by atoms with Gasteiger partial charge in [-0.2, -0.15) is 0 Å². The smallest absolute Gasteiger partial charge is 0.145 e. The fourth-order valence-electron chi connectivity index (χ4n) is 1.80. The molecule has 1 nitrogen and oxygen atoms in total. The Bertz CT molecular complexity index is 305. The highest BCUT2D eigenvalue weighted by Gasteiger charge is 2.07. The first kappa shape index (κ1) is 12.0. The minimum atomic E-state index is 0.408. The molecule has 1 unspecified atom stereocenters. The van der Waals surface area contributed by atoms with E-state index in [4.69, 9.17) is 0 Å². The molecule has 0 bridgehead atoms. The molecule has 0 radical (unpaired) electrons. The third kappa shape index (κ3) is 4.28. The second-order valence-corrected chi connectivity index (χ2v) is 4.66. The Morgan fingerprint density at radius 3 is 2.80 bits per heavy atom. The first-order valence-corrected chi connectivity index (χ1v) is 5.62. The van der Waals surface area contributed by atoms with Crippen molar-refractivity contribution in [3.05, 3.63) is 35.5 Å². The second-order valence-electron chi connectivity index (χ2n) is 4.66. The minimum absolute atomic E-state index is 0.408. The van der Waals surface area contributed by atoms with Crippen LogP contribution in [0.1, 0.15) is 33.6 Å². The summed E-state index contributed by atoms with van der Waals surface area (Å²) in [7, 11) is 0. The number of aldehydes is 1. The first-order chi connectivity index (χ1) is 7.11. The highest BCUT2D eigenvalue weighted by atomic mass is 16.1. The number of hydrogen-bond acceptors (Lipinski definition) is 1. The van der Waals surface area contributed by atoms with Crippen molar-refractivity contribution >= 4 is 6.29 Å². The van der Waals surface area contributed by atoms with Gasteiger partial charge < -0.3 is 0 Å². The van der Waals surface area contributed by atoms with Crippen LogP contribution in [0.3, 0.4) is 0 Å². The molecule has 1 aliphatic rings. The molecule has 0 fully saturated rings. The standard InChI is InChI=1S/C14H20O/c1-11(2)8-13-4-6-14(7-5-13)9-12(3)10-15/h4-6,9-11,14H,7-8H2,1-3H3/b12-9-. The van der Waals surface area contributed by atoms with Crippen LogP contribution in [0.15, 0.2) is 35.5 Å². The molecule has 0 saturated carbocycles. The van der Waals surface area contributed by atoms with Gasteiger partial charge in [0.05, 0.1) is 0 Å². The first-order valence-electron chi connectivity index (χ1n) is 5.62. The minimum Gasteiger partial charge on any atom is -0.298 e. The lowest BCUT2D eigenvalue weighted by Gasteiger charge is -2.14. The monoisotopic (exact) mass is 204 g/mol. The van der Waals surface area contributed by atoms with Crippen molar-refractivity contribution in [3.8, 4) is 0 Å². The van der Waals surface area contributed by atoms with Gasteiger partial charge in [0.15, 0.2) is 0 Å². The van der Waals surface area contributed by atoms with Crippen molar-refractivity contribution < 1.29 is 4.79 Å². The highest BCUT2D eigenvalue weighted by Crippen LogP contribution is 2.22. The molecule has 0 spiro atoms. The van der Waals surface area contributed by atoms with Crippen LogP contribution in [0.4, 0.5) is 0 Å². The van der Waals surface area contributed by atoms with E-state index in [0.29, 0.717) is 11.8 Å².